The summed E-state index contributed by atoms with van der Waals surface area (Å²) < 4.78 is 28.7. The normalized spacial score (nSPS) is 11.2. The van der Waals surface area contributed by atoms with Crippen molar-refractivity contribution in [1.29, 1.82) is 0 Å². The largest absolute Gasteiger partial charge is 0.292 e. The van der Waals surface area contributed by atoms with Crippen LogP contribution in [0.15, 0.2) is 35.1 Å². The maximum Gasteiger partial charge on any atom is 0.283 e. The van der Waals surface area contributed by atoms with Gasteiger partial charge >= 0.3 is 0 Å². The zero-order chi connectivity index (χ0) is 19.6. The van der Waals surface area contributed by atoms with E-state index in [2.05, 4.69) is 36.4 Å². The number of hydrogen-bond donors (Lipinski definition) is 1. The second-order valence-corrected chi connectivity index (χ2v) is 6.91. The quantitative estimate of drug-likeness (QED) is 0.608. The molecule has 0 spiro atoms. The third-order valence-corrected chi connectivity index (χ3v) is 4.94. The monoisotopic (exact) mass is 458 g/mol. The van der Waals surface area contributed by atoms with Crippen LogP contribution in [0.2, 0.25) is 5.02 Å². The molecule has 0 saturated heterocycles. The van der Waals surface area contributed by atoms with Gasteiger partial charge in [-0.1, -0.05) is 23.7 Å². The first-order valence-corrected chi connectivity index (χ1v) is 8.95. The van der Waals surface area contributed by atoms with E-state index in [-0.39, 0.29) is 17.0 Å². The number of anilines is 1. The van der Waals surface area contributed by atoms with Crippen molar-refractivity contribution < 1.29 is 13.6 Å². The van der Waals surface area contributed by atoms with E-state index in [0.29, 0.717) is 17.3 Å². The molecule has 7 nitrogen and oxygen atoms in total. The minimum atomic E-state index is -2.73. The number of carbonyl (C=O) groups excluding carboxylic acids is 1. The highest BCUT2D eigenvalue weighted by atomic mass is 79.9. The van der Waals surface area contributed by atoms with Crippen LogP contribution in [0.25, 0.3) is 0 Å². The molecule has 0 saturated carbocycles. The maximum absolute atomic E-state index is 12.9. The SMILES string of the molecule is Cc1c(Br)c(C(F)F)nn1CC(=O)Nc1ncn(Cc2ccc(Cl)cc2)n1. The van der Waals surface area contributed by atoms with Crippen LogP contribution < -0.4 is 5.32 Å². The van der Waals surface area contributed by atoms with Crippen LogP contribution in [0, 0.1) is 6.92 Å². The molecule has 142 valence electrons. The van der Waals surface area contributed by atoms with Gasteiger partial charge in [0.15, 0.2) is 0 Å². The molecule has 11 heteroatoms. The summed E-state index contributed by atoms with van der Waals surface area (Å²) in [7, 11) is 0. The van der Waals surface area contributed by atoms with E-state index in [9.17, 15) is 13.6 Å². The summed E-state index contributed by atoms with van der Waals surface area (Å²) in [5.74, 6) is -0.356. The fourth-order valence-corrected chi connectivity index (χ4v) is 2.93. The summed E-state index contributed by atoms with van der Waals surface area (Å²) in [6, 6.07) is 7.27. The van der Waals surface area contributed by atoms with E-state index in [0.717, 1.165) is 5.56 Å². The van der Waals surface area contributed by atoms with Crippen molar-refractivity contribution in [1.82, 2.24) is 24.5 Å². The molecule has 2 heterocycles. The highest BCUT2D eigenvalue weighted by molar-refractivity contribution is 9.10. The van der Waals surface area contributed by atoms with Gasteiger partial charge in [-0.15, -0.1) is 5.10 Å². The average molecular weight is 460 g/mol. The standard InChI is InChI=1S/C16H14BrClF2N6O/c1-9-13(17)14(15(19)20)23-26(9)7-12(27)22-16-21-8-25(24-16)6-10-2-4-11(18)5-3-10/h2-5,8,15H,6-7H2,1H3,(H,22,24,27). The Balaban J connectivity index is 1.63. The third-order valence-electron chi connectivity index (χ3n) is 3.70. The zero-order valence-electron chi connectivity index (χ0n) is 14.0. The molecule has 0 unspecified atom stereocenters. The molecule has 1 N–H and O–H groups in total. The maximum atomic E-state index is 12.9. The lowest BCUT2D eigenvalue weighted by atomic mass is 10.2. The highest BCUT2D eigenvalue weighted by Crippen LogP contribution is 2.28. The number of carbonyl (C=O) groups is 1. The minimum absolute atomic E-state index is 0.118. The lowest BCUT2D eigenvalue weighted by Crippen LogP contribution is -2.21. The number of nitrogens with zero attached hydrogens (tertiary/aromatic N) is 5. The number of benzene rings is 1. The molecule has 1 aromatic carbocycles. The number of aromatic nitrogens is 5. The Morgan fingerprint density at radius 3 is 2.63 bits per heavy atom. The van der Waals surface area contributed by atoms with Crippen molar-refractivity contribution >= 4 is 39.4 Å². The molecule has 0 fully saturated rings. The van der Waals surface area contributed by atoms with E-state index in [1.54, 1.807) is 23.7 Å². The summed E-state index contributed by atoms with van der Waals surface area (Å²) in [5, 5.41) is 11.1. The summed E-state index contributed by atoms with van der Waals surface area (Å²) in [6.07, 6.45) is -1.25. The van der Waals surface area contributed by atoms with Crippen LogP contribution in [0.4, 0.5) is 14.7 Å². The van der Waals surface area contributed by atoms with E-state index < -0.39 is 18.0 Å². The molecule has 3 rings (SSSR count). The molecular weight excluding hydrogens is 446 g/mol. The summed E-state index contributed by atoms with van der Waals surface area (Å²) in [6.45, 7) is 1.82. The lowest BCUT2D eigenvalue weighted by Gasteiger charge is -2.04. The summed E-state index contributed by atoms with van der Waals surface area (Å²) in [5.41, 5.74) is 1.01. The molecule has 3 aromatic rings. The van der Waals surface area contributed by atoms with Gasteiger partial charge in [0.05, 0.1) is 16.7 Å². The predicted molar refractivity (Wildman–Crippen MR) is 98.8 cm³/mol. The Morgan fingerprint density at radius 1 is 1.30 bits per heavy atom. The Hall–Kier alpha value is -2.33. The molecule has 0 radical (unpaired) electrons. The molecule has 2 aromatic heterocycles. The Labute approximate surface area is 166 Å². The lowest BCUT2D eigenvalue weighted by molar-refractivity contribution is -0.117. The molecule has 27 heavy (non-hydrogen) atoms. The molecule has 0 bridgehead atoms. The third kappa shape index (κ3) is 4.69. The number of rotatable bonds is 6. The van der Waals surface area contributed by atoms with E-state index in [1.807, 2.05) is 12.1 Å². The van der Waals surface area contributed by atoms with Crippen LogP contribution in [0.3, 0.4) is 0 Å². The number of amides is 1. The van der Waals surface area contributed by atoms with Gasteiger partial charge in [0.1, 0.15) is 18.6 Å². The molecule has 1 amide bonds. The first-order chi connectivity index (χ1) is 12.8. The van der Waals surface area contributed by atoms with Crippen LogP contribution in [-0.2, 0) is 17.9 Å². The van der Waals surface area contributed by atoms with Crippen LogP contribution in [0.1, 0.15) is 23.4 Å². The summed E-state index contributed by atoms with van der Waals surface area (Å²) in [4.78, 5) is 16.2. The molecule has 0 atom stereocenters. The number of halogens is 4. The van der Waals surface area contributed by atoms with E-state index in [1.165, 1.54) is 11.0 Å². The molecule has 0 aliphatic heterocycles. The average Bonchev–Trinajstić information content (AvgIpc) is 3.16. The van der Waals surface area contributed by atoms with Gasteiger partial charge in [-0.05, 0) is 40.5 Å². The smallest absolute Gasteiger partial charge is 0.283 e. The number of nitrogens with one attached hydrogen (secondary N) is 1. The predicted octanol–water partition coefficient (Wildman–Crippen LogP) is 3.82. The van der Waals surface area contributed by atoms with E-state index >= 15 is 0 Å². The number of alkyl halides is 2. The second kappa shape index (κ2) is 8.13. The van der Waals surface area contributed by atoms with Gasteiger partial charge in [-0.3, -0.25) is 14.8 Å². The van der Waals surface area contributed by atoms with Crippen molar-refractivity contribution in [2.45, 2.75) is 26.4 Å². The molecule has 0 aliphatic carbocycles. The first-order valence-electron chi connectivity index (χ1n) is 7.78. The topological polar surface area (TPSA) is 77.6 Å². The van der Waals surface area contributed by atoms with Crippen LogP contribution in [-0.4, -0.2) is 30.5 Å². The van der Waals surface area contributed by atoms with Gasteiger partial charge in [-0.25, -0.2) is 18.4 Å². The van der Waals surface area contributed by atoms with Crippen LogP contribution >= 0.6 is 27.5 Å². The van der Waals surface area contributed by atoms with Crippen molar-refractivity contribution in [3.05, 3.63) is 57.0 Å². The van der Waals surface area contributed by atoms with Gasteiger partial charge in [0.25, 0.3) is 6.43 Å². The van der Waals surface area contributed by atoms with Gasteiger partial charge in [-0.2, -0.15) is 5.10 Å². The van der Waals surface area contributed by atoms with Crippen molar-refractivity contribution in [3.63, 3.8) is 0 Å². The Morgan fingerprint density at radius 2 is 2.00 bits per heavy atom. The first kappa shape index (κ1) is 19.4. The zero-order valence-corrected chi connectivity index (χ0v) is 16.4. The fraction of sp³-hybridized carbons (Fsp3) is 0.250. The van der Waals surface area contributed by atoms with Crippen molar-refractivity contribution in [2.24, 2.45) is 0 Å². The summed E-state index contributed by atoms with van der Waals surface area (Å²) >= 11 is 8.91. The van der Waals surface area contributed by atoms with E-state index in [4.69, 9.17) is 11.6 Å². The molecular formula is C16H14BrClF2N6O. The molecule has 0 aliphatic rings. The number of hydrogen-bond acceptors (Lipinski definition) is 4. The van der Waals surface area contributed by atoms with Gasteiger partial charge in [0, 0.05) is 5.02 Å². The second-order valence-electron chi connectivity index (χ2n) is 5.68. The fourth-order valence-electron chi connectivity index (χ4n) is 2.35. The van der Waals surface area contributed by atoms with Crippen LogP contribution in [0.5, 0.6) is 0 Å². The van der Waals surface area contributed by atoms with Gasteiger partial charge in [0.2, 0.25) is 11.9 Å². The Kier molecular flexibility index (Phi) is 5.85. The highest BCUT2D eigenvalue weighted by Gasteiger charge is 2.21. The Bertz CT molecular complexity index is 956. The van der Waals surface area contributed by atoms with Gasteiger partial charge < -0.3 is 0 Å². The minimum Gasteiger partial charge on any atom is -0.292 e. The van der Waals surface area contributed by atoms with Crippen molar-refractivity contribution in [3.8, 4) is 0 Å². The van der Waals surface area contributed by atoms with Crippen molar-refractivity contribution in [2.75, 3.05) is 5.32 Å².